The third kappa shape index (κ3) is 2.07. The van der Waals surface area contributed by atoms with Crippen LogP contribution in [0.2, 0.25) is 13.1 Å². The molecule has 0 aromatic heterocycles. The van der Waals surface area contributed by atoms with Crippen LogP contribution in [0.3, 0.4) is 0 Å². The Morgan fingerprint density at radius 3 is 2.60 bits per heavy atom. The molecule has 0 radical (unpaired) electrons. The Labute approximate surface area is 64.3 Å². The third-order valence-electron chi connectivity index (χ3n) is 1.95. The van der Waals surface area contributed by atoms with Crippen LogP contribution in [0.1, 0.15) is 6.92 Å². The summed E-state index contributed by atoms with van der Waals surface area (Å²) in [5, 5.41) is 0. The molecule has 1 fully saturated rings. The number of hydrogen-bond acceptors (Lipinski definition) is 2. The zero-order chi connectivity index (χ0) is 7.61. The summed E-state index contributed by atoms with van der Waals surface area (Å²) in [6.45, 7) is 10.1. The fraction of sp³-hybridized carbons (Fsp3) is 1.00. The van der Waals surface area contributed by atoms with Crippen molar-refractivity contribution in [2.75, 3.05) is 25.9 Å². The molecular formula is C7H17NOSi. The Balaban J connectivity index is 2.40. The van der Waals surface area contributed by atoms with Crippen molar-refractivity contribution in [2.24, 2.45) is 0 Å². The predicted octanol–water partition coefficient (Wildman–Crippen LogP) is 1.08. The van der Waals surface area contributed by atoms with E-state index < -0.39 is 8.32 Å². The molecule has 0 bridgehead atoms. The molecule has 0 aliphatic carbocycles. The van der Waals surface area contributed by atoms with Crippen molar-refractivity contribution >= 4 is 8.32 Å². The fourth-order valence-electron chi connectivity index (χ4n) is 1.38. The van der Waals surface area contributed by atoms with Gasteiger partial charge in [0.2, 0.25) is 0 Å². The van der Waals surface area contributed by atoms with Crippen molar-refractivity contribution in [3.8, 4) is 0 Å². The van der Waals surface area contributed by atoms with Crippen LogP contribution in [0.25, 0.3) is 0 Å². The molecule has 0 spiro atoms. The van der Waals surface area contributed by atoms with Crippen LogP contribution in [0.15, 0.2) is 0 Å². The van der Waals surface area contributed by atoms with E-state index in [1.165, 1.54) is 12.7 Å². The monoisotopic (exact) mass is 159 g/mol. The normalized spacial score (nSPS) is 26.7. The Bertz CT molecular complexity index is 116. The van der Waals surface area contributed by atoms with Crippen LogP contribution in [-0.4, -0.2) is 39.1 Å². The fourth-order valence-corrected chi connectivity index (χ4v) is 3.58. The maximum atomic E-state index is 5.69. The minimum absolute atomic E-state index is 0.951. The molecule has 0 aromatic carbocycles. The van der Waals surface area contributed by atoms with E-state index in [0.717, 1.165) is 13.2 Å². The molecule has 0 aromatic rings. The number of rotatable bonds is 1. The lowest BCUT2D eigenvalue weighted by atomic mass is 10.5. The summed E-state index contributed by atoms with van der Waals surface area (Å²) in [6.07, 6.45) is 1.21. The summed E-state index contributed by atoms with van der Waals surface area (Å²) in [7, 11) is -1.25. The van der Waals surface area contributed by atoms with E-state index in [2.05, 4.69) is 24.9 Å². The number of hydrogen-bond donors (Lipinski definition) is 0. The summed E-state index contributed by atoms with van der Waals surface area (Å²) in [6, 6.07) is 0. The van der Waals surface area contributed by atoms with Crippen LogP contribution in [-0.2, 0) is 4.43 Å². The topological polar surface area (TPSA) is 12.5 Å². The molecule has 1 rings (SSSR count). The highest BCUT2D eigenvalue weighted by atomic mass is 28.4. The first-order valence-corrected chi connectivity index (χ1v) is 7.12. The van der Waals surface area contributed by atoms with Gasteiger partial charge in [-0.15, -0.1) is 0 Å². The lowest BCUT2D eigenvalue weighted by Crippen LogP contribution is -2.51. The van der Waals surface area contributed by atoms with Gasteiger partial charge in [0.05, 0.1) is 0 Å². The maximum absolute atomic E-state index is 5.69. The predicted molar refractivity (Wildman–Crippen MR) is 45.5 cm³/mol. The van der Waals surface area contributed by atoms with Gasteiger partial charge in [0.25, 0.3) is 0 Å². The molecule has 2 nitrogen and oxygen atoms in total. The second-order valence-corrected chi connectivity index (χ2v) is 7.60. The number of nitrogens with zero attached hydrogens (tertiary/aromatic N) is 1. The van der Waals surface area contributed by atoms with E-state index in [1.807, 2.05) is 0 Å². The highest BCUT2D eigenvalue weighted by Crippen LogP contribution is 2.11. The molecule has 1 aliphatic rings. The third-order valence-corrected chi connectivity index (χ3v) is 4.15. The lowest BCUT2D eigenvalue weighted by molar-refractivity contribution is 0.178. The van der Waals surface area contributed by atoms with Gasteiger partial charge < -0.3 is 9.33 Å². The second-order valence-electron chi connectivity index (χ2n) is 3.48. The zero-order valence-corrected chi connectivity index (χ0v) is 8.18. The molecule has 0 amide bonds. The van der Waals surface area contributed by atoms with Crippen LogP contribution in [0.5, 0.6) is 0 Å². The van der Waals surface area contributed by atoms with E-state index in [1.54, 1.807) is 0 Å². The quantitative estimate of drug-likeness (QED) is 0.531. The molecule has 1 saturated heterocycles. The first kappa shape index (κ1) is 8.24. The molecule has 0 unspecified atom stereocenters. The Hall–Kier alpha value is 0.137. The van der Waals surface area contributed by atoms with Gasteiger partial charge in [0, 0.05) is 19.3 Å². The molecule has 0 N–H and O–H groups in total. The average Bonchev–Trinajstić information content (AvgIpc) is 1.86. The molecule has 1 aliphatic heterocycles. The van der Waals surface area contributed by atoms with Crippen LogP contribution in [0, 0.1) is 0 Å². The smallest absolute Gasteiger partial charge is 0.200 e. The molecular weight excluding hydrogens is 142 g/mol. The van der Waals surface area contributed by atoms with Crippen molar-refractivity contribution in [2.45, 2.75) is 20.0 Å². The first-order chi connectivity index (χ1) is 4.64. The summed E-state index contributed by atoms with van der Waals surface area (Å²) in [5.74, 6) is 0. The van der Waals surface area contributed by atoms with Crippen LogP contribution in [0.4, 0.5) is 0 Å². The average molecular weight is 159 g/mol. The summed E-state index contributed by atoms with van der Waals surface area (Å²) >= 11 is 0. The molecule has 10 heavy (non-hydrogen) atoms. The maximum Gasteiger partial charge on any atom is 0.200 e. The number of likely N-dealkylation sites (N-methyl/N-ethyl adjacent to an activating group) is 1. The zero-order valence-electron chi connectivity index (χ0n) is 7.18. The van der Waals surface area contributed by atoms with Gasteiger partial charge in [0.15, 0.2) is 8.32 Å². The van der Waals surface area contributed by atoms with Gasteiger partial charge >= 0.3 is 0 Å². The van der Waals surface area contributed by atoms with Crippen molar-refractivity contribution in [1.29, 1.82) is 0 Å². The van der Waals surface area contributed by atoms with Gasteiger partial charge in [-0.1, -0.05) is 6.92 Å². The van der Waals surface area contributed by atoms with Crippen molar-refractivity contribution in [1.82, 2.24) is 4.90 Å². The highest BCUT2D eigenvalue weighted by molar-refractivity contribution is 6.71. The molecule has 60 valence electrons. The van der Waals surface area contributed by atoms with Gasteiger partial charge in [-0.2, -0.15) is 0 Å². The minimum Gasteiger partial charge on any atom is -0.415 e. The van der Waals surface area contributed by atoms with E-state index in [9.17, 15) is 0 Å². The van der Waals surface area contributed by atoms with Crippen molar-refractivity contribution in [3.63, 3.8) is 0 Å². The largest absolute Gasteiger partial charge is 0.415 e. The van der Waals surface area contributed by atoms with Crippen molar-refractivity contribution < 1.29 is 4.43 Å². The standard InChI is InChI=1S/C7H17NOSi/c1-4-8-5-6-9-10(2,3)7-8/h4-7H2,1-3H3. The Morgan fingerprint density at radius 2 is 2.20 bits per heavy atom. The van der Waals surface area contributed by atoms with Gasteiger partial charge in [-0.25, -0.2) is 0 Å². The van der Waals surface area contributed by atoms with Gasteiger partial charge in [0.1, 0.15) is 0 Å². The summed E-state index contributed by atoms with van der Waals surface area (Å²) < 4.78 is 5.69. The van der Waals surface area contributed by atoms with E-state index in [4.69, 9.17) is 4.43 Å². The van der Waals surface area contributed by atoms with Gasteiger partial charge in [-0.05, 0) is 19.6 Å². The molecule has 0 atom stereocenters. The van der Waals surface area contributed by atoms with E-state index in [0.29, 0.717) is 0 Å². The summed E-state index contributed by atoms with van der Waals surface area (Å²) in [4.78, 5) is 2.48. The summed E-state index contributed by atoms with van der Waals surface area (Å²) in [5.41, 5.74) is 0. The van der Waals surface area contributed by atoms with Gasteiger partial charge in [-0.3, -0.25) is 0 Å². The second kappa shape index (κ2) is 3.03. The molecule has 1 heterocycles. The Kier molecular flexibility index (Phi) is 2.49. The minimum atomic E-state index is -1.25. The highest BCUT2D eigenvalue weighted by Gasteiger charge is 2.28. The van der Waals surface area contributed by atoms with E-state index >= 15 is 0 Å². The van der Waals surface area contributed by atoms with Crippen LogP contribution >= 0.6 is 0 Å². The van der Waals surface area contributed by atoms with Crippen LogP contribution < -0.4 is 0 Å². The lowest BCUT2D eigenvalue weighted by Gasteiger charge is -2.35. The molecule has 3 heteroatoms. The van der Waals surface area contributed by atoms with Crippen molar-refractivity contribution in [3.05, 3.63) is 0 Å². The van der Waals surface area contributed by atoms with E-state index in [-0.39, 0.29) is 0 Å². The molecule has 0 saturated carbocycles. The SMILES string of the molecule is CCN1CCO[Si](C)(C)C1. The first-order valence-electron chi connectivity index (χ1n) is 4.00. The Morgan fingerprint density at radius 1 is 1.50 bits per heavy atom.